The van der Waals surface area contributed by atoms with Crippen molar-refractivity contribution >= 4 is 16.7 Å². The number of rotatable bonds is 7. The van der Waals surface area contributed by atoms with Crippen LogP contribution in [0.3, 0.4) is 0 Å². The first-order valence-corrected chi connectivity index (χ1v) is 9.63. The fourth-order valence-electron chi connectivity index (χ4n) is 3.43. The molecule has 0 amide bonds. The Morgan fingerprint density at radius 1 is 0.821 bits per heavy atom. The SMILES string of the molecule is O=C(CCCc1ccc(-c2ccc3ncccc3c2)cc1)Cc1cccnc1. The highest BCUT2D eigenvalue weighted by Crippen LogP contribution is 2.24. The standard InChI is InChI=1S/C25H22N2O/c28-24(16-20-5-2-14-26-18-20)7-1-4-19-8-10-21(11-9-19)22-12-13-25-23(17-22)6-3-15-27-25/h2-3,5-6,8-15,17-18H,1,4,7,16H2. The van der Waals surface area contributed by atoms with Gasteiger partial charge in [-0.25, -0.2) is 0 Å². The molecule has 0 fully saturated rings. The molecule has 0 saturated carbocycles. The Bertz CT molecular complexity index is 1070. The number of carbonyl (C=O) groups is 1. The van der Waals surface area contributed by atoms with Gasteiger partial charge in [-0.05, 0) is 59.4 Å². The number of ketones is 1. The predicted octanol–water partition coefficient (Wildman–Crippen LogP) is 5.43. The van der Waals surface area contributed by atoms with Crippen LogP contribution in [0.5, 0.6) is 0 Å². The predicted molar refractivity (Wildman–Crippen MR) is 113 cm³/mol. The van der Waals surface area contributed by atoms with Crippen LogP contribution in [0.2, 0.25) is 0 Å². The molecular weight excluding hydrogens is 344 g/mol. The van der Waals surface area contributed by atoms with Gasteiger partial charge in [0.2, 0.25) is 0 Å². The molecule has 0 saturated heterocycles. The fraction of sp³-hybridized carbons (Fsp3) is 0.160. The Balaban J connectivity index is 1.33. The zero-order valence-corrected chi connectivity index (χ0v) is 15.7. The van der Waals surface area contributed by atoms with Crippen LogP contribution in [0.1, 0.15) is 24.0 Å². The summed E-state index contributed by atoms with van der Waals surface area (Å²) in [5.41, 5.74) is 5.66. The molecule has 138 valence electrons. The van der Waals surface area contributed by atoms with E-state index in [1.807, 2.05) is 24.4 Å². The summed E-state index contributed by atoms with van der Waals surface area (Å²) in [7, 11) is 0. The molecule has 2 aromatic carbocycles. The van der Waals surface area contributed by atoms with Gasteiger partial charge in [-0.3, -0.25) is 14.8 Å². The van der Waals surface area contributed by atoms with E-state index in [-0.39, 0.29) is 5.78 Å². The van der Waals surface area contributed by atoms with Crippen LogP contribution in [0.15, 0.2) is 85.3 Å². The average Bonchev–Trinajstić information content (AvgIpc) is 2.74. The lowest BCUT2D eigenvalue weighted by atomic mass is 9.99. The van der Waals surface area contributed by atoms with Gasteiger partial charge in [0.25, 0.3) is 0 Å². The number of nitrogens with zero attached hydrogens (tertiary/aromatic N) is 2. The lowest BCUT2D eigenvalue weighted by molar-refractivity contribution is -0.118. The van der Waals surface area contributed by atoms with Crippen molar-refractivity contribution in [2.75, 3.05) is 0 Å². The van der Waals surface area contributed by atoms with Crippen molar-refractivity contribution in [2.45, 2.75) is 25.7 Å². The summed E-state index contributed by atoms with van der Waals surface area (Å²) in [4.78, 5) is 20.5. The topological polar surface area (TPSA) is 42.9 Å². The number of benzene rings is 2. The molecule has 0 aliphatic carbocycles. The second kappa shape index (κ2) is 8.57. The molecule has 4 aromatic rings. The van der Waals surface area contributed by atoms with E-state index in [1.54, 1.807) is 12.4 Å². The second-order valence-corrected chi connectivity index (χ2v) is 7.04. The largest absolute Gasteiger partial charge is 0.299 e. The van der Waals surface area contributed by atoms with Crippen molar-refractivity contribution in [3.05, 3.63) is 96.4 Å². The van der Waals surface area contributed by atoms with Gasteiger partial charge in [-0.15, -0.1) is 0 Å². The molecule has 0 atom stereocenters. The Morgan fingerprint density at radius 3 is 2.46 bits per heavy atom. The minimum absolute atomic E-state index is 0.273. The number of fused-ring (bicyclic) bond motifs is 1. The number of carbonyl (C=O) groups excluding carboxylic acids is 1. The Hall–Kier alpha value is -3.33. The Kier molecular flexibility index (Phi) is 5.53. The van der Waals surface area contributed by atoms with Crippen molar-refractivity contribution in [2.24, 2.45) is 0 Å². The third kappa shape index (κ3) is 4.49. The first-order chi connectivity index (χ1) is 13.8. The quantitative estimate of drug-likeness (QED) is 0.438. The monoisotopic (exact) mass is 366 g/mol. The summed E-state index contributed by atoms with van der Waals surface area (Å²) >= 11 is 0. The molecule has 0 aliphatic rings. The molecule has 2 heterocycles. The number of aryl methyl sites for hydroxylation is 1. The molecule has 0 aliphatic heterocycles. The molecule has 28 heavy (non-hydrogen) atoms. The molecular formula is C25H22N2O. The van der Waals surface area contributed by atoms with Crippen LogP contribution in [0.25, 0.3) is 22.0 Å². The maximum absolute atomic E-state index is 12.1. The van der Waals surface area contributed by atoms with E-state index in [4.69, 9.17) is 0 Å². The third-order valence-corrected chi connectivity index (χ3v) is 4.94. The molecule has 0 radical (unpaired) electrons. The van der Waals surface area contributed by atoms with E-state index >= 15 is 0 Å². The smallest absolute Gasteiger partial charge is 0.137 e. The van der Waals surface area contributed by atoms with Crippen molar-refractivity contribution < 1.29 is 4.79 Å². The highest BCUT2D eigenvalue weighted by molar-refractivity contribution is 5.84. The van der Waals surface area contributed by atoms with Gasteiger partial charge in [0.05, 0.1) is 5.52 Å². The van der Waals surface area contributed by atoms with Crippen LogP contribution in [0, 0.1) is 0 Å². The maximum atomic E-state index is 12.1. The van der Waals surface area contributed by atoms with Gasteiger partial charge in [0, 0.05) is 36.8 Å². The minimum Gasteiger partial charge on any atom is -0.299 e. The first-order valence-electron chi connectivity index (χ1n) is 9.63. The van der Waals surface area contributed by atoms with Crippen LogP contribution in [0.4, 0.5) is 0 Å². The first kappa shape index (κ1) is 18.1. The number of pyridine rings is 2. The Morgan fingerprint density at radius 2 is 1.64 bits per heavy atom. The third-order valence-electron chi connectivity index (χ3n) is 4.94. The lowest BCUT2D eigenvalue weighted by Crippen LogP contribution is -2.03. The molecule has 0 unspecified atom stereocenters. The van der Waals surface area contributed by atoms with Crippen LogP contribution >= 0.6 is 0 Å². The summed E-state index contributed by atoms with van der Waals surface area (Å²) in [6.45, 7) is 0. The van der Waals surface area contributed by atoms with E-state index in [1.165, 1.54) is 16.7 Å². The van der Waals surface area contributed by atoms with E-state index < -0.39 is 0 Å². The zero-order chi connectivity index (χ0) is 19.2. The molecule has 0 N–H and O–H groups in total. The highest BCUT2D eigenvalue weighted by Gasteiger charge is 2.05. The molecule has 3 nitrogen and oxygen atoms in total. The normalized spacial score (nSPS) is 10.9. The zero-order valence-electron chi connectivity index (χ0n) is 15.7. The summed E-state index contributed by atoms with van der Waals surface area (Å²) in [6, 6.07) is 22.9. The van der Waals surface area contributed by atoms with Crippen molar-refractivity contribution in [3.8, 4) is 11.1 Å². The summed E-state index contributed by atoms with van der Waals surface area (Å²) in [5.74, 6) is 0.273. The van der Waals surface area contributed by atoms with Gasteiger partial charge in [-0.1, -0.05) is 42.5 Å². The second-order valence-electron chi connectivity index (χ2n) is 7.04. The van der Waals surface area contributed by atoms with Crippen molar-refractivity contribution in [3.63, 3.8) is 0 Å². The van der Waals surface area contributed by atoms with Crippen LogP contribution < -0.4 is 0 Å². The minimum atomic E-state index is 0.273. The van der Waals surface area contributed by atoms with E-state index in [0.717, 1.165) is 29.3 Å². The lowest BCUT2D eigenvalue weighted by Gasteiger charge is -2.06. The maximum Gasteiger partial charge on any atom is 0.137 e. The number of hydrogen-bond acceptors (Lipinski definition) is 3. The number of aromatic nitrogens is 2. The summed E-state index contributed by atoms with van der Waals surface area (Å²) in [6.07, 6.45) is 8.18. The fourth-order valence-corrected chi connectivity index (χ4v) is 3.43. The molecule has 2 aromatic heterocycles. The average molecular weight is 366 g/mol. The van der Waals surface area contributed by atoms with E-state index in [0.29, 0.717) is 12.8 Å². The summed E-state index contributed by atoms with van der Waals surface area (Å²) < 4.78 is 0. The van der Waals surface area contributed by atoms with E-state index in [2.05, 4.69) is 58.5 Å². The van der Waals surface area contributed by atoms with E-state index in [9.17, 15) is 4.79 Å². The summed E-state index contributed by atoms with van der Waals surface area (Å²) in [5, 5.41) is 1.15. The molecule has 3 heteroatoms. The van der Waals surface area contributed by atoms with Crippen molar-refractivity contribution in [1.29, 1.82) is 0 Å². The van der Waals surface area contributed by atoms with Gasteiger partial charge in [0.1, 0.15) is 5.78 Å². The molecule has 4 rings (SSSR count). The van der Waals surface area contributed by atoms with Gasteiger partial charge in [-0.2, -0.15) is 0 Å². The molecule has 0 bridgehead atoms. The van der Waals surface area contributed by atoms with Gasteiger partial charge < -0.3 is 0 Å². The van der Waals surface area contributed by atoms with Crippen LogP contribution in [-0.4, -0.2) is 15.8 Å². The van der Waals surface area contributed by atoms with Crippen LogP contribution in [-0.2, 0) is 17.6 Å². The van der Waals surface area contributed by atoms with Gasteiger partial charge >= 0.3 is 0 Å². The van der Waals surface area contributed by atoms with Crippen molar-refractivity contribution in [1.82, 2.24) is 9.97 Å². The number of Topliss-reactive ketones (excluding diaryl/α,β-unsaturated/α-hetero) is 1. The highest BCUT2D eigenvalue weighted by atomic mass is 16.1. The molecule has 0 spiro atoms. The Labute approximate surface area is 165 Å². The number of hydrogen-bond donors (Lipinski definition) is 0. The van der Waals surface area contributed by atoms with Gasteiger partial charge in [0.15, 0.2) is 0 Å².